The number of amides is 5. The van der Waals surface area contributed by atoms with Crippen molar-refractivity contribution in [3.8, 4) is 0 Å². The van der Waals surface area contributed by atoms with Crippen molar-refractivity contribution >= 4 is 39.9 Å². The number of carbonyl (C=O) groups excluding carboxylic acids is 5. The minimum atomic E-state index is -3.94. The van der Waals surface area contributed by atoms with Gasteiger partial charge in [-0.1, -0.05) is 45.9 Å². The van der Waals surface area contributed by atoms with Gasteiger partial charge in [0.15, 0.2) is 0 Å². The van der Waals surface area contributed by atoms with Crippen LogP contribution in [0.1, 0.15) is 78.9 Å². The highest BCUT2D eigenvalue weighted by Gasteiger charge is 2.62. The van der Waals surface area contributed by atoms with Gasteiger partial charge in [0, 0.05) is 23.9 Å². The summed E-state index contributed by atoms with van der Waals surface area (Å²) in [6.07, 6.45) is -0.270. The van der Waals surface area contributed by atoms with Crippen LogP contribution in [0.15, 0.2) is 30.9 Å². The van der Waals surface area contributed by atoms with Gasteiger partial charge < -0.3 is 25.0 Å². The molecule has 0 radical (unpaired) electrons. The number of nitrogens with zero attached hydrogens (tertiary/aromatic N) is 2. The molecule has 51 heavy (non-hydrogen) atoms. The Hall–Kier alpha value is -4.21. The molecule has 5 amide bonds. The minimum absolute atomic E-state index is 0.0231. The third-order valence-electron chi connectivity index (χ3n) is 9.81. The number of carbonyl (C=O) groups is 5. The van der Waals surface area contributed by atoms with Crippen LogP contribution in [-0.4, -0.2) is 89.2 Å². The van der Waals surface area contributed by atoms with Crippen LogP contribution in [0.2, 0.25) is 0 Å². The van der Waals surface area contributed by atoms with Gasteiger partial charge >= 0.3 is 12.2 Å². The van der Waals surface area contributed by atoms with Gasteiger partial charge in [0.2, 0.25) is 21.8 Å². The lowest BCUT2D eigenvalue weighted by Crippen LogP contribution is -2.61. The molecule has 3 fully saturated rings. The fourth-order valence-corrected chi connectivity index (χ4v) is 8.04. The number of hydrogen-bond donors (Lipinski definition) is 3. The van der Waals surface area contributed by atoms with E-state index in [4.69, 9.17) is 9.47 Å². The van der Waals surface area contributed by atoms with E-state index in [2.05, 4.69) is 21.9 Å². The molecule has 6 atom stereocenters. The molecule has 14 nitrogen and oxygen atoms in total. The van der Waals surface area contributed by atoms with Crippen molar-refractivity contribution in [3.63, 3.8) is 0 Å². The number of sulfonamides is 1. The van der Waals surface area contributed by atoms with E-state index in [0.717, 1.165) is 0 Å². The summed E-state index contributed by atoms with van der Waals surface area (Å²) in [4.78, 5) is 71.0. The topological polar surface area (TPSA) is 181 Å². The fraction of sp³-hybridized carbons (Fsp3) is 0.629. The van der Waals surface area contributed by atoms with E-state index >= 15 is 0 Å². The summed E-state index contributed by atoms with van der Waals surface area (Å²) in [5, 5.41) is 4.68. The van der Waals surface area contributed by atoms with Crippen molar-refractivity contribution < 1.29 is 46.3 Å². The zero-order valence-electron chi connectivity index (χ0n) is 30.1. The third kappa shape index (κ3) is 8.00. The molecular formula is C35H48FN5O9S. The molecule has 1 saturated heterocycles. The molecule has 2 aliphatic carbocycles. The van der Waals surface area contributed by atoms with E-state index in [1.54, 1.807) is 60.6 Å². The Bertz CT molecular complexity index is 1730. The maximum atomic E-state index is 14.4. The van der Waals surface area contributed by atoms with Crippen LogP contribution >= 0.6 is 0 Å². The summed E-state index contributed by atoms with van der Waals surface area (Å²) >= 11 is 0. The van der Waals surface area contributed by atoms with Gasteiger partial charge in [-0.2, -0.15) is 0 Å². The summed E-state index contributed by atoms with van der Waals surface area (Å²) in [7, 11) is -3.94. The number of alkyl carbamates (subject to hydrolysis) is 1. The molecule has 2 aliphatic heterocycles. The van der Waals surface area contributed by atoms with Crippen LogP contribution in [0.5, 0.6) is 0 Å². The van der Waals surface area contributed by atoms with E-state index in [-0.39, 0.29) is 26.1 Å². The first-order valence-electron chi connectivity index (χ1n) is 17.1. The predicted octanol–water partition coefficient (Wildman–Crippen LogP) is 3.10. The van der Waals surface area contributed by atoms with Crippen molar-refractivity contribution in [2.45, 2.75) is 115 Å². The normalized spacial score (nSPS) is 26.4. The average molecular weight is 734 g/mol. The zero-order valence-corrected chi connectivity index (χ0v) is 30.9. The molecule has 5 rings (SSSR count). The Morgan fingerprint density at radius 1 is 1.08 bits per heavy atom. The van der Waals surface area contributed by atoms with Crippen molar-refractivity contribution in [3.05, 3.63) is 47.8 Å². The molecular weight excluding hydrogens is 685 g/mol. The summed E-state index contributed by atoms with van der Waals surface area (Å²) in [5.41, 5.74) is -2.38. The van der Waals surface area contributed by atoms with Crippen molar-refractivity contribution in [2.24, 2.45) is 17.3 Å². The van der Waals surface area contributed by atoms with Gasteiger partial charge in [0.1, 0.15) is 35.1 Å². The number of hydrogen-bond acceptors (Lipinski definition) is 9. The summed E-state index contributed by atoms with van der Waals surface area (Å²) < 4.78 is 53.2. The van der Waals surface area contributed by atoms with Gasteiger partial charge in [-0.25, -0.2) is 22.4 Å². The number of halogens is 1. The number of rotatable bonds is 9. The second-order valence-corrected chi connectivity index (χ2v) is 18.0. The molecule has 0 spiro atoms. The van der Waals surface area contributed by atoms with Gasteiger partial charge in [-0.05, 0) is 57.1 Å². The van der Waals surface area contributed by atoms with E-state index in [9.17, 15) is 36.8 Å². The molecule has 280 valence electrons. The smallest absolute Gasteiger partial charge is 0.410 e. The van der Waals surface area contributed by atoms with Crippen LogP contribution in [0.3, 0.4) is 0 Å². The second-order valence-electron chi connectivity index (χ2n) is 16.1. The van der Waals surface area contributed by atoms with Crippen molar-refractivity contribution in [1.29, 1.82) is 0 Å². The van der Waals surface area contributed by atoms with Crippen LogP contribution < -0.4 is 15.4 Å². The highest BCUT2D eigenvalue weighted by atomic mass is 32.2. The minimum Gasteiger partial charge on any atom is -0.444 e. The predicted molar refractivity (Wildman–Crippen MR) is 182 cm³/mol. The van der Waals surface area contributed by atoms with E-state index in [1.165, 1.54) is 21.9 Å². The second kappa shape index (κ2) is 13.4. The largest absolute Gasteiger partial charge is 0.444 e. The first kappa shape index (κ1) is 38.0. The number of likely N-dealkylation sites (tertiary alicyclic amines) is 1. The first-order valence-corrected chi connectivity index (χ1v) is 18.6. The number of fused-ring (bicyclic) bond motifs is 1. The lowest BCUT2D eigenvalue weighted by atomic mass is 9.85. The molecule has 1 aromatic rings. The Kier molecular flexibility index (Phi) is 9.99. The number of ether oxygens (including phenoxy) is 2. The standard InChI is InChI=1S/C35H48FN5O9S/c1-9-21-15-35(21,30(44)39-51(47,48)22-13-14-22)38-28(42)26-19(2)25(49-32(46)40-16-20-11-10-12-24(36)23(20)17-40)18-41(26)29(43)27(33(3,4)5)37-31(45)50-34(6,7)8/h9-12,19,21-22,25-27H,1,13-18H2,2-8H3,(H,37,45)(H,38,42)(H,39,44)/t19-,21+,25-,26-,27-,35+/m0/s1. The van der Waals surface area contributed by atoms with Crippen LogP contribution in [0, 0.1) is 23.1 Å². The quantitative estimate of drug-likeness (QED) is 0.322. The van der Waals surface area contributed by atoms with Gasteiger partial charge in [0.05, 0.1) is 18.3 Å². The van der Waals surface area contributed by atoms with Crippen molar-refractivity contribution in [1.82, 2.24) is 25.2 Å². The van der Waals surface area contributed by atoms with E-state index < -0.39 is 97.6 Å². The number of nitrogens with one attached hydrogen (secondary N) is 3. The molecule has 3 N–H and O–H groups in total. The summed E-state index contributed by atoms with van der Waals surface area (Å²) in [6, 6.07) is 2.05. The molecule has 0 aromatic heterocycles. The SMILES string of the molecule is C=C[C@@H]1C[C@]1(NC(=O)[C@@H]1[C@@H](C)[C@@H](OC(=O)N2Cc3cccc(F)c3C2)CN1C(=O)[C@H](NC(=O)OC(C)(C)C)C(C)(C)C)C(=O)NS(=O)(=O)C1CC1. The molecule has 16 heteroatoms. The Morgan fingerprint density at radius 2 is 1.75 bits per heavy atom. The van der Waals surface area contributed by atoms with Crippen LogP contribution in [0.25, 0.3) is 0 Å². The third-order valence-corrected chi connectivity index (χ3v) is 11.6. The first-order chi connectivity index (χ1) is 23.6. The molecule has 2 heterocycles. The lowest BCUT2D eigenvalue weighted by molar-refractivity contribution is -0.143. The van der Waals surface area contributed by atoms with Gasteiger partial charge in [0.25, 0.3) is 5.91 Å². The monoisotopic (exact) mass is 733 g/mol. The molecule has 0 bridgehead atoms. The summed E-state index contributed by atoms with van der Waals surface area (Å²) in [5.74, 6) is -4.22. The Balaban J connectivity index is 1.42. The zero-order chi connectivity index (χ0) is 37.8. The average Bonchev–Trinajstić information content (AvgIpc) is 3.91. The van der Waals surface area contributed by atoms with Gasteiger partial charge in [-0.15, -0.1) is 6.58 Å². The lowest BCUT2D eigenvalue weighted by Gasteiger charge is -2.36. The molecule has 0 unspecified atom stereocenters. The van der Waals surface area contributed by atoms with Crippen molar-refractivity contribution in [2.75, 3.05) is 6.54 Å². The van der Waals surface area contributed by atoms with Crippen LogP contribution in [0.4, 0.5) is 14.0 Å². The van der Waals surface area contributed by atoms with Crippen LogP contribution in [-0.2, 0) is 47.0 Å². The molecule has 4 aliphatic rings. The highest BCUT2D eigenvalue weighted by Crippen LogP contribution is 2.46. The van der Waals surface area contributed by atoms with E-state index in [1.807, 2.05) is 0 Å². The Labute approximate surface area is 297 Å². The fourth-order valence-electron chi connectivity index (χ4n) is 6.68. The summed E-state index contributed by atoms with van der Waals surface area (Å²) in [6.45, 7) is 15.4. The molecule has 2 saturated carbocycles. The highest BCUT2D eigenvalue weighted by molar-refractivity contribution is 7.91. The maximum absolute atomic E-state index is 14.4. The maximum Gasteiger partial charge on any atom is 0.410 e. The van der Waals surface area contributed by atoms with Gasteiger partial charge in [-0.3, -0.25) is 24.0 Å². The Morgan fingerprint density at radius 3 is 2.29 bits per heavy atom. The molecule has 1 aromatic carbocycles. The van der Waals surface area contributed by atoms with E-state index in [0.29, 0.717) is 24.0 Å². The number of benzene rings is 1.